The van der Waals surface area contributed by atoms with Gasteiger partial charge in [-0.3, -0.25) is 0 Å². The zero-order chi connectivity index (χ0) is 9.12. The molecule has 11 heavy (non-hydrogen) atoms. The maximum atomic E-state index is 9.34. The number of hydrogen-bond donors (Lipinski definition) is 1. The van der Waals surface area contributed by atoms with Crippen LogP contribution in [0.3, 0.4) is 0 Å². The van der Waals surface area contributed by atoms with Crippen LogP contribution in [0.4, 0.5) is 0 Å². The van der Waals surface area contributed by atoms with Crippen LogP contribution in [-0.4, -0.2) is 16.5 Å². The first-order chi connectivity index (χ1) is 4.77. The normalized spacial score (nSPS) is 18.0. The Kier molecular flexibility index (Phi) is 3.48. The summed E-state index contributed by atoms with van der Waals surface area (Å²) in [5.41, 5.74) is -0.376. The van der Waals surface area contributed by atoms with Gasteiger partial charge in [0.1, 0.15) is 0 Å². The lowest BCUT2D eigenvalue weighted by atomic mass is 10.2. The fourth-order valence-corrected chi connectivity index (χ4v) is 0.274. The molecule has 0 spiro atoms. The van der Waals surface area contributed by atoms with E-state index in [2.05, 4.69) is 0 Å². The van der Waals surface area contributed by atoms with Crippen molar-refractivity contribution in [1.29, 1.82) is 0 Å². The lowest BCUT2D eigenvalue weighted by Crippen LogP contribution is -2.32. The predicted octanol–water partition coefficient (Wildman–Crippen LogP) is 1.85. The van der Waals surface area contributed by atoms with Gasteiger partial charge in [0.15, 0.2) is 5.79 Å². The van der Waals surface area contributed by atoms with Crippen molar-refractivity contribution in [2.24, 2.45) is 0 Å². The van der Waals surface area contributed by atoms with Crippen LogP contribution in [0, 0.1) is 0 Å². The van der Waals surface area contributed by atoms with E-state index in [4.69, 9.17) is 9.78 Å². The highest BCUT2D eigenvalue weighted by Crippen LogP contribution is 2.16. The molecule has 1 unspecified atom stereocenters. The molecule has 1 atom stereocenters. The highest BCUT2D eigenvalue weighted by Gasteiger charge is 2.23. The molecule has 0 heterocycles. The molecule has 1 N–H and O–H groups in total. The van der Waals surface area contributed by atoms with Crippen LogP contribution in [0.2, 0.25) is 0 Å². The predicted molar refractivity (Wildman–Crippen MR) is 42.8 cm³/mol. The van der Waals surface area contributed by atoms with E-state index >= 15 is 0 Å². The van der Waals surface area contributed by atoms with Crippen molar-refractivity contribution in [3.63, 3.8) is 0 Å². The summed E-state index contributed by atoms with van der Waals surface area (Å²) in [7, 11) is 0. The molecule has 0 amide bonds. The fraction of sp³-hybridized carbons (Fsp3) is 1.00. The summed E-state index contributed by atoms with van der Waals surface area (Å²) >= 11 is 0. The van der Waals surface area contributed by atoms with E-state index in [-0.39, 0.29) is 5.60 Å². The first-order valence-electron chi connectivity index (χ1n) is 3.86. The monoisotopic (exact) mass is 162 g/mol. The summed E-state index contributed by atoms with van der Waals surface area (Å²) in [5, 5.41) is 9.34. The standard InChI is InChI=1S/C8H18O3/c1-6-8(5,9)11-10-7(2,3)4/h9H,6H2,1-5H3. The number of aliphatic hydroxyl groups is 1. The van der Waals surface area contributed by atoms with Gasteiger partial charge in [-0.15, -0.1) is 0 Å². The maximum absolute atomic E-state index is 9.34. The van der Waals surface area contributed by atoms with Gasteiger partial charge in [-0.05, 0) is 27.7 Å². The molecule has 0 aromatic carbocycles. The molecular formula is C8H18O3. The van der Waals surface area contributed by atoms with Crippen molar-refractivity contribution >= 4 is 0 Å². The molecule has 0 radical (unpaired) electrons. The van der Waals surface area contributed by atoms with Crippen LogP contribution >= 0.6 is 0 Å². The number of hydrogen-bond acceptors (Lipinski definition) is 3. The van der Waals surface area contributed by atoms with Crippen molar-refractivity contribution in [3.05, 3.63) is 0 Å². The van der Waals surface area contributed by atoms with E-state index in [0.29, 0.717) is 6.42 Å². The van der Waals surface area contributed by atoms with Gasteiger partial charge in [0.25, 0.3) is 0 Å². The van der Waals surface area contributed by atoms with Crippen LogP contribution in [0.25, 0.3) is 0 Å². The Balaban J connectivity index is 3.70. The molecule has 0 fully saturated rings. The van der Waals surface area contributed by atoms with Crippen LogP contribution in [0.15, 0.2) is 0 Å². The summed E-state index contributed by atoms with van der Waals surface area (Å²) in [6.07, 6.45) is 0.503. The minimum absolute atomic E-state index is 0.376. The molecule has 0 saturated carbocycles. The van der Waals surface area contributed by atoms with Crippen molar-refractivity contribution in [3.8, 4) is 0 Å². The summed E-state index contributed by atoms with van der Waals surface area (Å²) in [6, 6.07) is 0. The molecule has 0 saturated heterocycles. The molecule has 0 bridgehead atoms. The third kappa shape index (κ3) is 6.28. The van der Waals surface area contributed by atoms with E-state index in [9.17, 15) is 5.11 Å². The Bertz CT molecular complexity index is 113. The zero-order valence-electron chi connectivity index (χ0n) is 7.97. The molecule has 68 valence electrons. The van der Waals surface area contributed by atoms with Crippen LogP contribution in [0.5, 0.6) is 0 Å². The Hall–Kier alpha value is -0.120. The van der Waals surface area contributed by atoms with Gasteiger partial charge in [0, 0.05) is 6.42 Å². The fourth-order valence-electron chi connectivity index (χ4n) is 0.274. The minimum Gasteiger partial charge on any atom is -0.363 e. The molecular weight excluding hydrogens is 144 g/mol. The maximum Gasteiger partial charge on any atom is 0.196 e. The topological polar surface area (TPSA) is 38.7 Å². The third-order valence-electron chi connectivity index (χ3n) is 1.13. The second-order valence-electron chi connectivity index (χ2n) is 3.81. The van der Waals surface area contributed by atoms with Gasteiger partial charge in [-0.1, -0.05) is 6.92 Å². The molecule has 0 aromatic heterocycles. The molecule has 3 heteroatoms. The Morgan fingerprint density at radius 1 is 1.09 bits per heavy atom. The first-order valence-corrected chi connectivity index (χ1v) is 3.86. The Labute approximate surface area is 68.2 Å². The lowest BCUT2D eigenvalue weighted by Gasteiger charge is -2.25. The van der Waals surface area contributed by atoms with E-state index in [0.717, 1.165) is 0 Å². The van der Waals surface area contributed by atoms with Gasteiger partial charge in [0.2, 0.25) is 0 Å². The number of rotatable bonds is 3. The quantitative estimate of drug-likeness (QED) is 0.391. The van der Waals surface area contributed by atoms with Gasteiger partial charge in [-0.2, -0.15) is 0 Å². The van der Waals surface area contributed by atoms with E-state index in [1.54, 1.807) is 6.92 Å². The van der Waals surface area contributed by atoms with Gasteiger partial charge in [0.05, 0.1) is 5.60 Å². The van der Waals surface area contributed by atoms with Crippen molar-refractivity contribution in [2.45, 2.75) is 52.4 Å². The average molecular weight is 162 g/mol. The van der Waals surface area contributed by atoms with E-state index < -0.39 is 5.79 Å². The van der Waals surface area contributed by atoms with E-state index in [1.807, 2.05) is 27.7 Å². The van der Waals surface area contributed by atoms with Gasteiger partial charge < -0.3 is 5.11 Å². The van der Waals surface area contributed by atoms with Crippen LogP contribution in [-0.2, 0) is 9.78 Å². The van der Waals surface area contributed by atoms with Crippen molar-refractivity contribution < 1.29 is 14.9 Å². The molecule has 3 nitrogen and oxygen atoms in total. The molecule has 0 aliphatic carbocycles. The van der Waals surface area contributed by atoms with Crippen molar-refractivity contribution in [2.75, 3.05) is 0 Å². The minimum atomic E-state index is -1.17. The van der Waals surface area contributed by atoms with Gasteiger partial charge >= 0.3 is 0 Å². The van der Waals surface area contributed by atoms with Crippen LogP contribution < -0.4 is 0 Å². The summed E-state index contributed by atoms with van der Waals surface area (Å²) < 4.78 is 0. The molecule has 0 aromatic rings. The average Bonchev–Trinajstić information content (AvgIpc) is 1.83. The second kappa shape index (κ2) is 3.52. The van der Waals surface area contributed by atoms with E-state index in [1.165, 1.54) is 0 Å². The van der Waals surface area contributed by atoms with Crippen LogP contribution in [0.1, 0.15) is 41.0 Å². The SMILES string of the molecule is CCC(C)(O)OOC(C)(C)C. The summed E-state index contributed by atoms with van der Waals surface area (Å²) in [5.74, 6) is -1.17. The summed E-state index contributed by atoms with van der Waals surface area (Å²) in [6.45, 7) is 8.97. The first kappa shape index (κ1) is 10.9. The summed E-state index contributed by atoms with van der Waals surface area (Å²) in [4.78, 5) is 9.73. The highest BCUT2D eigenvalue weighted by atomic mass is 17.2. The third-order valence-corrected chi connectivity index (χ3v) is 1.13. The largest absolute Gasteiger partial charge is 0.363 e. The molecule has 0 aliphatic heterocycles. The Morgan fingerprint density at radius 2 is 1.55 bits per heavy atom. The zero-order valence-corrected chi connectivity index (χ0v) is 7.97. The highest BCUT2D eigenvalue weighted by molar-refractivity contribution is 4.57. The van der Waals surface area contributed by atoms with Gasteiger partial charge in [-0.25, -0.2) is 9.78 Å². The van der Waals surface area contributed by atoms with Crippen molar-refractivity contribution in [1.82, 2.24) is 0 Å². The lowest BCUT2D eigenvalue weighted by molar-refractivity contribution is -0.447. The molecule has 0 aliphatic rings. The second-order valence-corrected chi connectivity index (χ2v) is 3.81. The molecule has 0 rings (SSSR count). The Morgan fingerprint density at radius 3 is 1.82 bits per heavy atom. The smallest absolute Gasteiger partial charge is 0.196 e.